The summed E-state index contributed by atoms with van der Waals surface area (Å²) < 4.78 is 6.15. The average Bonchev–Trinajstić information content (AvgIpc) is 2.81. The van der Waals surface area contributed by atoms with Crippen LogP contribution < -0.4 is 5.73 Å². The highest BCUT2D eigenvalue weighted by Gasteiger charge is 2.54. The van der Waals surface area contributed by atoms with Crippen LogP contribution in [-0.2, 0) is 18.4 Å². The molecule has 0 unspecified atom stereocenters. The van der Waals surface area contributed by atoms with Crippen LogP contribution in [0.5, 0.6) is 0 Å². The fourth-order valence-electron chi connectivity index (χ4n) is 5.42. The van der Waals surface area contributed by atoms with Gasteiger partial charge in [-0.3, -0.25) is 0 Å². The van der Waals surface area contributed by atoms with Crippen molar-refractivity contribution in [3.05, 3.63) is 17.3 Å². The van der Waals surface area contributed by atoms with Crippen LogP contribution in [0.15, 0.2) is 4.42 Å². The molecule has 1 aromatic heterocycles. The van der Waals surface area contributed by atoms with Crippen molar-refractivity contribution >= 4 is 0 Å². The van der Waals surface area contributed by atoms with Crippen molar-refractivity contribution in [2.75, 3.05) is 0 Å². The summed E-state index contributed by atoms with van der Waals surface area (Å²) in [5.74, 6) is 4.86. The Morgan fingerprint density at radius 2 is 1.74 bits per heavy atom. The van der Waals surface area contributed by atoms with Crippen molar-refractivity contribution in [3.63, 3.8) is 0 Å². The zero-order valence-corrected chi connectivity index (χ0v) is 11.8. The summed E-state index contributed by atoms with van der Waals surface area (Å²) in [7, 11) is 0. The van der Waals surface area contributed by atoms with Crippen molar-refractivity contribution < 1.29 is 4.42 Å². The Morgan fingerprint density at radius 3 is 2.16 bits per heavy atom. The molecule has 0 atom stereocenters. The average molecular weight is 260 g/mol. The van der Waals surface area contributed by atoms with E-state index in [9.17, 15) is 0 Å². The van der Waals surface area contributed by atoms with Gasteiger partial charge < -0.3 is 10.2 Å². The van der Waals surface area contributed by atoms with E-state index in [0.29, 0.717) is 6.54 Å². The van der Waals surface area contributed by atoms with E-state index >= 15 is 0 Å². The first-order valence-corrected chi connectivity index (χ1v) is 7.91. The molecule has 4 aliphatic carbocycles. The summed E-state index contributed by atoms with van der Waals surface area (Å²) in [4.78, 5) is 4.80. The minimum absolute atomic E-state index is 0.270. The second-order valence-corrected chi connectivity index (χ2v) is 7.14. The van der Waals surface area contributed by atoms with Gasteiger partial charge in [-0.15, -0.1) is 0 Å². The Hall–Kier alpha value is -0.830. The lowest BCUT2D eigenvalue weighted by molar-refractivity contribution is -0.0181. The Kier molecular flexibility index (Phi) is 2.57. The molecule has 4 fully saturated rings. The molecule has 1 aromatic rings. The SMILES string of the molecule is CCc1oc(C23CC4CC(CC(C4)C2)C3)nc1CN. The summed E-state index contributed by atoms with van der Waals surface area (Å²) in [6.45, 7) is 2.64. The quantitative estimate of drug-likeness (QED) is 0.908. The van der Waals surface area contributed by atoms with Crippen molar-refractivity contribution in [3.8, 4) is 0 Å². The minimum atomic E-state index is 0.270. The van der Waals surface area contributed by atoms with Gasteiger partial charge in [0.2, 0.25) is 5.89 Å². The molecular formula is C16H24N2O. The first kappa shape index (κ1) is 12.0. The summed E-state index contributed by atoms with van der Waals surface area (Å²) in [5.41, 5.74) is 7.07. The Morgan fingerprint density at radius 1 is 1.16 bits per heavy atom. The van der Waals surface area contributed by atoms with E-state index < -0.39 is 0 Å². The number of aryl methyl sites for hydroxylation is 1. The molecule has 19 heavy (non-hydrogen) atoms. The summed E-state index contributed by atoms with van der Waals surface area (Å²) in [5, 5.41) is 0. The van der Waals surface area contributed by atoms with Crippen LogP contribution in [0.1, 0.15) is 62.8 Å². The van der Waals surface area contributed by atoms with E-state index in [-0.39, 0.29) is 5.41 Å². The minimum Gasteiger partial charge on any atom is -0.445 e. The van der Waals surface area contributed by atoms with Crippen LogP contribution in [0, 0.1) is 17.8 Å². The maximum atomic E-state index is 6.15. The third-order valence-corrected chi connectivity index (χ3v) is 5.78. The zero-order chi connectivity index (χ0) is 13.0. The number of oxazole rings is 1. The maximum absolute atomic E-state index is 6.15. The molecule has 0 saturated heterocycles. The molecule has 4 aliphatic rings. The number of nitrogens with two attached hydrogens (primary N) is 1. The number of hydrogen-bond donors (Lipinski definition) is 1. The van der Waals surface area contributed by atoms with E-state index in [0.717, 1.165) is 41.5 Å². The smallest absolute Gasteiger partial charge is 0.200 e. The normalized spacial score (nSPS) is 40.0. The fourth-order valence-corrected chi connectivity index (χ4v) is 5.42. The van der Waals surface area contributed by atoms with Crippen LogP contribution in [-0.4, -0.2) is 4.98 Å². The van der Waals surface area contributed by atoms with Crippen LogP contribution >= 0.6 is 0 Å². The van der Waals surface area contributed by atoms with Gasteiger partial charge in [-0.2, -0.15) is 0 Å². The van der Waals surface area contributed by atoms with Gasteiger partial charge in [-0.05, 0) is 56.3 Å². The number of hydrogen-bond acceptors (Lipinski definition) is 3. The topological polar surface area (TPSA) is 52.0 Å². The highest BCUT2D eigenvalue weighted by Crippen LogP contribution is 2.60. The molecule has 3 nitrogen and oxygen atoms in total. The maximum Gasteiger partial charge on any atom is 0.200 e. The zero-order valence-electron chi connectivity index (χ0n) is 11.8. The molecule has 1 heterocycles. The number of aromatic nitrogens is 1. The molecule has 5 rings (SSSR count). The van der Waals surface area contributed by atoms with Gasteiger partial charge in [0.15, 0.2) is 0 Å². The van der Waals surface area contributed by atoms with E-state index in [2.05, 4.69) is 6.92 Å². The Balaban J connectivity index is 1.73. The van der Waals surface area contributed by atoms with Crippen molar-refractivity contribution in [1.82, 2.24) is 4.98 Å². The molecule has 104 valence electrons. The molecule has 0 radical (unpaired) electrons. The van der Waals surface area contributed by atoms with Crippen molar-refractivity contribution in [2.24, 2.45) is 23.5 Å². The highest BCUT2D eigenvalue weighted by atomic mass is 16.4. The Labute approximate surface area is 115 Å². The van der Waals surface area contributed by atoms with E-state index in [1.807, 2.05) is 0 Å². The molecule has 0 aromatic carbocycles. The molecule has 4 saturated carbocycles. The van der Waals surface area contributed by atoms with Gasteiger partial charge in [-0.1, -0.05) is 6.92 Å². The lowest BCUT2D eigenvalue weighted by Gasteiger charge is -2.55. The van der Waals surface area contributed by atoms with Gasteiger partial charge in [0.05, 0.1) is 5.69 Å². The van der Waals surface area contributed by atoms with Crippen LogP contribution in [0.2, 0.25) is 0 Å². The predicted octanol–water partition coefficient (Wildman–Crippen LogP) is 3.16. The lowest BCUT2D eigenvalue weighted by atomic mass is 9.49. The van der Waals surface area contributed by atoms with Crippen LogP contribution in [0.4, 0.5) is 0 Å². The van der Waals surface area contributed by atoms with E-state index in [4.69, 9.17) is 15.1 Å². The summed E-state index contributed by atoms with van der Waals surface area (Å²) >= 11 is 0. The molecule has 4 bridgehead atoms. The summed E-state index contributed by atoms with van der Waals surface area (Å²) in [6.07, 6.45) is 9.23. The molecule has 2 N–H and O–H groups in total. The van der Waals surface area contributed by atoms with E-state index in [1.54, 1.807) is 0 Å². The van der Waals surface area contributed by atoms with Crippen molar-refractivity contribution in [1.29, 1.82) is 0 Å². The van der Waals surface area contributed by atoms with Gasteiger partial charge in [-0.25, -0.2) is 4.98 Å². The molecule has 0 aliphatic heterocycles. The third kappa shape index (κ3) is 1.70. The summed E-state index contributed by atoms with van der Waals surface area (Å²) in [6, 6.07) is 0. The van der Waals surface area contributed by atoms with Gasteiger partial charge in [0, 0.05) is 18.4 Å². The highest BCUT2D eigenvalue weighted by molar-refractivity contribution is 5.20. The third-order valence-electron chi connectivity index (χ3n) is 5.78. The number of nitrogens with zero attached hydrogens (tertiary/aromatic N) is 1. The lowest BCUT2D eigenvalue weighted by Crippen LogP contribution is -2.48. The predicted molar refractivity (Wildman–Crippen MR) is 73.6 cm³/mol. The van der Waals surface area contributed by atoms with Gasteiger partial charge in [0.25, 0.3) is 0 Å². The standard InChI is InChI=1S/C16H24N2O/c1-2-14-13(9-17)18-15(19-14)16-6-10-3-11(7-16)5-12(4-10)8-16/h10-12H,2-9,17H2,1H3. The molecule has 0 spiro atoms. The van der Waals surface area contributed by atoms with Crippen molar-refractivity contribution in [2.45, 2.75) is 63.8 Å². The Bertz CT molecular complexity index is 434. The first-order chi connectivity index (χ1) is 9.22. The van der Waals surface area contributed by atoms with Gasteiger partial charge >= 0.3 is 0 Å². The molecular weight excluding hydrogens is 236 g/mol. The monoisotopic (exact) mass is 260 g/mol. The largest absolute Gasteiger partial charge is 0.445 e. The first-order valence-electron chi connectivity index (χ1n) is 7.91. The molecule has 0 amide bonds. The van der Waals surface area contributed by atoms with Gasteiger partial charge in [0.1, 0.15) is 5.76 Å². The second-order valence-electron chi connectivity index (χ2n) is 7.14. The second kappa shape index (κ2) is 4.08. The van der Waals surface area contributed by atoms with Crippen LogP contribution in [0.25, 0.3) is 0 Å². The number of rotatable bonds is 3. The van der Waals surface area contributed by atoms with Crippen LogP contribution in [0.3, 0.4) is 0 Å². The fraction of sp³-hybridized carbons (Fsp3) is 0.812. The van der Waals surface area contributed by atoms with E-state index in [1.165, 1.54) is 38.5 Å². The molecule has 3 heteroatoms.